The van der Waals surface area contributed by atoms with Crippen molar-refractivity contribution in [1.29, 1.82) is 0 Å². The van der Waals surface area contributed by atoms with Crippen molar-refractivity contribution in [3.05, 3.63) is 170 Å². The Hall–Kier alpha value is -4.63. The van der Waals surface area contributed by atoms with Crippen molar-refractivity contribution in [2.45, 2.75) is 302 Å². The van der Waals surface area contributed by atoms with Crippen molar-refractivity contribution in [2.24, 2.45) is 5.73 Å². The summed E-state index contributed by atoms with van der Waals surface area (Å²) in [5, 5.41) is 0. The van der Waals surface area contributed by atoms with Gasteiger partial charge >= 0.3 is 19.8 Å². The van der Waals surface area contributed by atoms with E-state index in [1.54, 1.807) is 0 Å². The highest BCUT2D eigenvalue weighted by molar-refractivity contribution is 7.47. The molecular weight excluding hydrogens is 1150 g/mol. The van der Waals surface area contributed by atoms with Crippen LogP contribution in [0.3, 0.4) is 0 Å². The van der Waals surface area contributed by atoms with E-state index in [1.165, 1.54) is 116 Å². The summed E-state index contributed by atoms with van der Waals surface area (Å²) in [5.74, 6) is -0.846. The first kappa shape index (κ1) is 86.4. The molecule has 0 aromatic rings. The maximum atomic E-state index is 12.8. The number of unbranched alkanes of at least 4 members (excludes halogenated alkanes) is 26. The Kier molecular flexibility index (Phi) is 70.6. The number of phosphoric ester groups is 1. The molecule has 0 rings (SSSR count). The van der Waals surface area contributed by atoms with Crippen LogP contribution in [-0.2, 0) is 32.7 Å². The van der Waals surface area contributed by atoms with Crippen molar-refractivity contribution in [2.75, 3.05) is 26.4 Å². The van der Waals surface area contributed by atoms with Crippen LogP contribution in [0.5, 0.6) is 0 Å². The Bertz CT molecular complexity index is 2100. The van der Waals surface area contributed by atoms with Gasteiger partial charge in [0.15, 0.2) is 6.10 Å². The molecule has 3 N–H and O–H groups in total. The van der Waals surface area contributed by atoms with Gasteiger partial charge in [0.1, 0.15) is 6.61 Å². The largest absolute Gasteiger partial charge is 0.472 e. The molecule has 0 aliphatic rings. The Morgan fingerprint density at radius 2 is 0.571 bits per heavy atom. The van der Waals surface area contributed by atoms with E-state index in [2.05, 4.69) is 184 Å². The van der Waals surface area contributed by atoms with Crippen LogP contribution in [0.4, 0.5) is 0 Å². The van der Waals surface area contributed by atoms with Crippen LogP contribution < -0.4 is 5.73 Å². The van der Waals surface area contributed by atoms with E-state index in [0.29, 0.717) is 6.42 Å². The summed E-state index contributed by atoms with van der Waals surface area (Å²) >= 11 is 0. The normalized spacial score (nSPS) is 13.9. The van der Waals surface area contributed by atoms with Crippen molar-refractivity contribution >= 4 is 19.8 Å². The molecule has 0 fully saturated rings. The van der Waals surface area contributed by atoms with Crippen LogP contribution in [0, 0.1) is 0 Å². The molecule has 10 heteroatoms. The van der Waals surface area contributed by atoms with Gasteiger partial charge < -0.3 is 20.1 Å². The van der Waals surface area contributed by atoms with Crippen LogP contribution in [0.2, 0.25) is 0 Å². The Balaban J connectivity index is 3.95. The summed E-state index contributed by atoms with van der Waals surface area (Å²) in [4.78, 5) is 35.4. The zero-order valence-electron chi connectivity index (χ0n) is 58.0. The highest BCUT2D eigenvalue weighted by Gasteiger charge is 2.26. The molecule has 0 saturated carbocycles. The summed E-state index contributed by atoms with van der Waals surface area (Å²) in [6, 6.07) is 0. The lowest BCUT2D eigenvalue weighted by atomic mass is 10.0. The molecular formula is C81H134NO8P. The van der Waals surface area contributed by atoms with Crippen LogP contribution in [0.15, 0.2) is 170 Å². The van der Waals surface area contributed by atoms with Gasteiger partial charge in [0.05, 0.1) is 13.2 Å². The molecule has 0 bridgehead atoms. The summed E-state index contributed by atoms with van der Waals surface area (Å²) < 4.78 is 33.2. The molecule has 0 aliphatic carbocycles. The predicted octanol–water partition coefficient (Wildman–Crippen LogP) is 24.5. The Morgan fingerprint density at radius 1 is 0.330 bits per heavy atom. The third-order valence-corrected chi connectivity index (χ3v) is 16.1. The zero-order chi connectivity index (χ0) is 65.8. The molecule has 0 aliphatic heterocycles. The molecule has 2 unspecified atom stereocenters. The second kappa shape index (κ2) is 74.4. The first-order valence-electron chi connectivity index (χ1n) is 36.6. The average molecular weight is 1280 g/mol. The maximum Gasteiger partial charge on any atom is 0.472 e. The topological polar surface area (TPSA) is 134 Å². The molecule has 0 heterocycles. The number of carbonyl (C=O) groups is 2. The molecule has 0 saturated heterocycles. The zero-order valence-corrected chi connectivity index (χ0v) is 58.9. The fourth-order valence-corrected chi connectivity index (χ4v) is 10.5. The molecule has 0 spiro atoms. The number of rotatable bonds is 67. The van der Waals surface area contributed by atoms with Crippen LogP contribution in [0.25, 0.3) is 0 Å². The highest BCUT2D eigenvalue weighted by Crippen LogP contribution is 2.43. The van der Waals surface area contributed by atoms with E-state index in [9.17, 15) is 19.0 Å². The Labute approximate surface area is 559 Å². The fraction of sp³-hybridized carbons (Fsp3) is 0.630. The molecule has 0 radical (unpaired) electrons. The van der Waals surface area contributed by atoms with Crippen LogP contribution >= 0.6 is 7.82 Å². The van der Waals surface area contributed by atoms with Crippen molar-refractivity contribution in [3.63, 3.8) is 0 Å². The quantitative estimate of drug-likeness (QED) is 0.0264. The summed E-state index contributed by atoms with van der Waals surface area (Å²) in [5.41, 5.74) is 5.40. The average Bonchev–Trinajstić information content (AvgIpc) is 3.74. The second-order valence-corrected chi connectivity index (χ2v) is 25.1. The second-order valence-electron chi connectivity index (χ2n) is 23.7. The minimum Gasteiger partial charge on any atom is -0.462 e. The van der Waals surface area contributed by atoms with E-state index in [4.69, 9.17) is 24.3 Å². The van der Waals surface area contributed by atoms with Crippen LogP contribution in [0.1, 0.15) is 296 Å². The number of phosphoric acid groups is 1. The van der Waals surface area contributed by atoms with Gasteiger partial charge in [0, 0.05) is 19.4 Å². The molecule has 0 amide bonds. The van der Waals surface area contributed by atoms with Gasteiger partial charge in [-0.25, -0.2) is 4.57 Å². The SMILES string of the molecule is CC/C=C\C/C=C\C/C=C\C/C=C\C/C=C\C/C=C\C/C=C\C/C=C\C/C=C\C/C=C\CCCCCCCCC(=O)OC(COC(=O)CCCCCCCCCCCCCCCCCCCCCC/C=C\C/C=C\C/C=C\C/C=C\CC)COP(=O)(O)OCCN. The molecule has 2 atom stereocenters. The van der Waals surface area contributed by atoms with Gasteiger partial charge in [-0.1, -0.05) is 325 Å². The monoisotopic (exact) mass is 1280 g/mol. The predicted molar refractivity (Wildman–Crippen MR) is 394 cm³/mol. The number of hydrogen-bond acceptors (Lipinski definition) is 8. The number of allylic oxidation sites excluding steroid dienone is 28. The van der Waals surface area contributed by atoms with Gasteiger partial charge in [-0.05, 0) is 128 Å². The van der Waals surface area contributed by atoms with Gasteiger partial charge in [0.25, 0.3) is 0 Å². The fourth-order valence-electron chi connectivity index (χ4n) is 9.78. The highest BCUT2D eigenvalue weighted by atomic mass is 31.2. The third kappa shape index (κ3) is 74.3. The number of carbonyl (C=O) groups excluding carboxylic acids is 2. The standard InChI is InChI=1S/C81H134NO8P/c1-3-5-7-9-11-13-15-17-19-21-23-25-27-29-31-33-35-37-38-39-40-42-44-46-48-50-52-54-56-58-60-62-64-66-68-70-72-74-81(84)90-79(78-89-91(85,86)88-76-75-82)77-87-80(83)73-71-69-67-65-63-61-59-57-55-53-51-49-47-45-43-41-36-34-32-30-28-26-24-22-20-18-16-14-12-10-8-6-4-2/h5-8,11-14,17-20,23-26,29,31,35,37,39-40,44,46,50,52,56,58,79H,3-4,9-10,15-16,21-22,27-28,30,32-34,36,38,41-43,45,47-49,51,53-55,57,59-78,82H2,1-2H3,(H,85,86)/b7-5-,8-6-,13-11-,14-12-,19-17-,20-18-,25-23-,26-24-,31-29-,37-35-,40-39-,46-44-,52-50-,58-56-. The minimum atomic E-state index is -4.41. The first-order chi connectivity index (χ1) is 44.8. The molecule has 0 aromatic carbocycles. The van der Waals surface area contributed by atoms with Crippen molar-refractivity contribution in [3.8, 4) is 0 Å². The lowest BCUT2D eigenvalue weighted by Crippen LogP contribution is -2.29. The number of hydrogen-bond donors (Lipinski definition) is 2. The van der Waals surface area contributed by atoms with Gasteiger partial charge in [-0.3, -0.25) is 18.6 Å². The smallest absolute Gasteiger partial charge is 0.462 e. The molecule has 0 aromatic heterocycles. The number of esters is 2. The van der Waals surface area contributed by atoms with E-state index < -0.39 is 26.5 Å². The maximum absolute atomic E-state index is 12.8. The van der Waals surface area contributed by atoms with Crippen molar-refractivity contribution in [1.82, 2.24) is 0 Å². The van der Waals surface area contributed by atoms with E-state index in [0.717, 1.165) is 148 Å². The molecule has 516 valence electrons. The van der Waals surface area contributed by atoms with E-state index in [-0.39, 0.29) is 38.6 Å². The Morgan fingerprint density at radius 3 is 0.846 bits per heavy atom. The first-order valence-corrected chi connectivity index (χ1v) is 38.1. The summed E-state index contributed by atoms with van der Waals surface area (Å²) in [6.45, 7) is 3.51. The third-order valence-electron chi connectivity index (χ3n) is 15.1. The van der Waals surface area contributed by atoms with Gasteiger partial charge in [-0.2, -0.15) is 0 Å². The van der Waals surface area contributed by atoms with Crippen molar-refractivity contribution < 1.29 is 37.6 Å². The number of nitrogens with two attached hydrogens (primary N) is 1. The number of ether oxygens (including phenoxy) is 2. The molecule has 91 heavy (non-hydrogen) atoms. The minimum absolute atomic E-state index is 0.0437. The summed E-state index contributed by atoms with van der Waals surface area (Å²) in [7, 11) is -4.41. The summed E-state index contributed by atoms with van der Waals surface area (Å²) in [6.07, 6.45) is 110. The van der Waals surface area contributed by atoms with Gasteiger partial charge in [0.2, 0.25) is 0 Å². The lowest BCUT2D eigenvalue weighted by molar-refractivity contribution is -0.161. The van der Waals surface area contributed by atoms with Gasteiger partial charge in [-0.15, -0.1) is 0 Å². The molecule has 9 nitrogen and oxygen atoms in total. The van der Waals surface area contributed by atoms with Crippen LogP contribution in [-0.4, -0.2) is 49.3 Å². The lowest BCUT2D eigenvalue weighted by Gasteiger charge is -2.19. The van der Waals surface area contributed by atoms with E-state index >= 15 is 0 Å². The van der Waals surface area contributed by atoms with E-state index in [1.807, 2.05) is 0 Å².